The monoisotopic (exact) mass is 266 g/mol. The Hall–Kier alpha value is -1.40. The first-order chi connectivity index (χ1) is 9.20. The minimum Gasteiger partial charge on any atom is -0.396 e. The van der Waals surface area contributed by atoms with Crippen LogP contribution < -0.4 is 5.32 Å². The zero-order valence-electron chi connectivity index (χ0n) is 11.4. The summed E-state index contributed by atoms with van der Waals surface area (Å²) in [6, 6.07) is 0. The Bertz CT molecular complexity index is 419. The fraction of sp³-hybridized carbons (Fsp3) is 0.692. The minimum absolute atomic E-state index is 0.136. The van der Waals surface area contributed by atoms with Crippen LogP contribution in [0, 0.1) is 5.92 Å². The first-order valence-corrected chi connectivity index (χ1v) is 6.79. The number of carbonyl (C=O) groups is 1. The molecule has 2 rings (SSSR count). The molecule has 1 aliphatic heterocycles. The maximum atomic E-state index is 11.8. The second-order valence-electron chi connectivity index (χ2n) is 5.11. The maximum absolute atomic E-state index is 11.8. The normalized spacial score (nSPS) is 20.4. The highest BCUT2D eigenvalue weighted by atomic mass is 16.3. The topological polar surface area (TPSA) is 70.4 Å². The van der Waals surface area contributed by atoms with E-state index in [9.17, 15) is 9.90 Å². The van der Waals surface area contributed by atoms with Crippen LogP contribution in [0.4, 0.5) is 0 Å². The molecule has 0 aromatic carbocycles. The number of hydrogen-bond donors (Lipinski definition) is 2. The molecule has 1 aromatic heterocycles. The van der Waals surface area contributed by atoms with E-state index in [-0.39, 0.29) is 12.5 Å². The van der Waals surface area contributed by atoms with Crippen LogP contribution in [-0.4, -0.2) is 58.3 Å². The van der Waals surface area contributed by atoms with Crippen molar-refractivity contribution < 1.29 is 9.90 Å². The molecule has 1 aliphatic rings. The van der Waals surface area contributed by atoms with Crippen molar-refractivity contribution in [1.29, 1.82) is 0 Å². The molecular formula is C13H22N4O2. The van der Waals surface area contributed by atoms with Crippen molar-refractivity contribution in [3.8, 4) is 0 Å². The lowest BCUT2D eigenvalue weighted by Crippen LogP contribution is -2.41. The molecule has 1 saturated heterocycles. The summed E-state index contributed by atoms with van der Waals surface area (Å²) in [5.41, 5.74) is 0. The van der Waals surface area contributed by atoms with Gasteiger partial charge in [-0.05, 0) is 25.3 Å². The fourth-order valence-corrected chi connectivity index (χ4v) is 2.49. The molecule has 1 fully saturated rings. The summed E-state index contributed by atoms with van der Waals surface area (Å²) in [4.78, 5) is 18.1. The van der Waals surface area contributed by atoms with E-state index >= 15 is 0 Å². The van der Waals surface area contributed by atoms with Crippen molar-refractivity contribution in [2.75, 3.05) is 32.8 Å². The van der Waals surface area contributed by atoms with Crippen molar-refractivity contribution in [3.63, 3.8) is 0 Å². The predicted molar refractivity (Wildman–Crippen MR) is 71.8 cm³/mol. The number of aryl methyl sites for hydroxylation is 1. The number of aromatic nitrogens is 2. The summed E-state index contributed by atoms with van der Waals surface area (Å²) in [6.07, 6.45) is 5.60. The predicted octanol–water partition coefficient (Wildman–Crippen LogP) is -0.146. The van der Waals surface area contributed by atoms with E-state index in [1.807, 2.05) is 0 Å². The maximum Gasteiger partial charge on any atom is 0.287 e. The molecule has 0 saturated carbocycles. The van der Waals surface area contributed by atoms with Gasteiger partial charge in [-0.1, -0.05) is 0 Å². The van der Waals surface area contributed by atoms with E-state index in [2.05, 4.69) is 15.2 Å². The highest BCUT2D eigenvalue weighted by Gasteiger charge is 2.19. The summed E-state index contributed by atoms with van der Waals surface area (Å²) >= 11 is 0. The van der Waals surface area contributed by atoms with Gasteiger partial charge in [0.05, 0.1) is 0 Å². The highest BCUT2D eigenvalue weighted by molar-refractivity contribution is 5.90. The molecule has 106 valence electrons. The van der Waals surface area contributed by atoms with Gasteiger partial charge in [-0.2, -0.15) is 0 Å². The summed E-state index contributed by atoms with van der Waals surface area (Å²) in [7, 11) is 1.80. The van der Waals surface area contributed by atoms with E-state index in [1.165, 1.54) is 0 Å². The summed E-state index contributed by atoms with van der Waals surface area (Å²) in [5.74, 6) is 0.689. The molecule has 0 radical (unpaired) electrons. The van der Waals surface area contributed by atoms with Crippen molar-refractivity contribution in [3.05, 3.63) is 18.2 Å². The number of aliphatic hydroxyl groups excluding tert-OH is 1. The Morgan fingerprint density at radius 1 is 1.63 bits per heavy atom. The average Bonchev–Trinajstić information content (AvgIpc) is 2.85. The van der Waals surface area contributed by atoms with E-state index in [0.717, 1.165) is 32.5 Å². The largest absolute Gasteiger partial charge is 0.396 e. The first-order valence-electron chi connectivity index (χ1n) is 6.79. The lowest BCUT2D eigenvalue weighted by molar-refractivity contribution is 0.0918. The van der Waals surface area contributed by atoms with Gasteiger partial charge in [0.1, 0.15) is 0 Å². The Balaban J connectivity index is 1.72. The van der Waals surface area contributed by atoms with Gasteiger partial charge in [-0.15, -0.1) is 0 Å². The van der Waals surface area contributed by atoms with E-state index in [0.29, 0.717) is 18.3 Å². The summed E-state index contributed by atoms with van der Waals surface area (Å²) in [6.45, 7) is 3.68. The fourth-order valence-electron chi connectivity index (χ4n) is 2.49. The van der Waals surface area contributed by atoms with Gasteiger partial charge < -0.3 is 19.9 Å². The lowest BCUT2D eigenvalue weighted by Gasteiger charge is -2.31. The zero-order valence-corrected chi connectivity index (χ0v) is 11.4. The van der Waals surface area contributed by atoms with Crippen LogP contribution in [0.15, 0.2) is 12.4 Å². The molecule has 0 spiro atoms. The van der Waals surface area contributed by atoms with Crippen LogP contribution in [0.1, 0.15) is 23.5 Å². The standard InChI is InChI=1S/C13H22N4O2/c1-16-7-4-14-12(16)13(19)15-5-8-17-6-2-3-11(9-17)10-18/h4,7,11,18H,2-3,5-6,8-10H2,1H3,(H,15,19)/t11-/m1/s1. The number of nitrogens with one attached hydrogen (secondary N) is 1. The molecule has 6 heteroatoms. The number of aliphatic hydroxyl groups is 1. The molecule has 2 N–H and O–H groups in total. The molecular weight excluding hydrogens is 244 g/mol. The summed E-state index contributed by atoms with van der Waals surface area (Å²) in [5, 5.41) is 12.1. The third-order valence-corrected chi connectivity index (χ3v) is 3.60. The van der Waals surface area contributed by atoms with Crippen LogP contribution in [-0.2, 0) is 7.05 Å². The summed E-state index contributed by atoms with van der Waals surface area (Å²) < 4.78 is 1.71. The van der Waals surface area contributed by atoms with Crippen molar-refractivity contribution in [2.24, 2.45) is 13.0 Å². The number of piperidine rings is 1. The molecule has 1 atom stereocenters. The van der Waals surface area contributed by atoms with Crippen LogP contribution in [0.2, 0.25) is 0 Å². The van der Waals surface area contributed by atoms with Crippen molar-refractivity contribution >= 4 is 5.91 Å². The number of carbonyl (C=O) groups excluding carboxylic acids is 1. The average molecular weight is 266 g/mol. The smallest absolute Gasteiger partial charge is 0.287 e. The molecule has 19 heavy (non-hydrogen) atoms. The lowest BCUT2D eigenvalue weighted by atomic mass is 9.99. The number of likely N-dealkylation sites (tertiary alicyclic amines) is 1. The quantitative estimate of drug-likeness (QED) is 0.778. The van der Waals surface area contributed by atoms with Crippen molar-refractivity contribution in [1.82, 2.24) is 19.8 Å². The van der Waals surface area contributed by atoms with Gasteiger partial charge in [0.25, 0.3) is 5.91 Å². The zero-order chi connectivity index (χ0) is 13.7. The van der Waals surface area contributed by atoms with Gasteiger partial charge in [-0.25, -0.2) is 4.98 Å². The Labute approximate surface area is 113 Å². The van der Waals surface area contributed by atoms with Gasteiger partial charge >= 0.3 is 0 Å². The Morgan fingerprint density at radius 2 is 2.47 bits per heavy atom. The second-order valence-corrected chi connectivity index (χ2v) is 5.11. The van der Waals surface area contributed by atoms with E-state index in [4.69, 9.17) is 0 Å². The molecule has 0 aliphatic carbocycles. The molecule has 0 unspecified atom stereocenters. The van der Waals surface area contributed by atoms with Gasteiger partial charge in [0.15, 0.2) is 5.82 Å². The van der Waals surface area contributed by atoms with Gasteiger partial charge in [0, 0.05) is 45.7 Å². The SMILES string of the molecule is Cn1ccnc1C(=O)NCCN1CCC[C@@H](CO)C1. The van der Waals surface area contributed by atoms with E-state index < -0.39 is 0 Å². The third kappa shape index (κ3) is 3.78. The van der Waals surface area contributed by atoms with Crippen LogP contribution in [0.3, 0.4) is 0 Å². The number of hydrogen-bond acceptors (Lipinski definition) is 4. The van der Waals surface area contributed by atoms with E-state index in [1.54, 1.807) is 24.0 Å². The van der Waals surface area contributed by atoms with Crippen LogP contribution in [0.25, 0.3) is 0 Å². The first kappa shape index (κ1) is 14.0. The molecule has 1 aromatic rings. The van der Waals surface area contributed by atoms with Crippen LogP contribution in [0.5, 0.6) is 0 Å². The third-order valence-electron chi connectivity index (χ3n) is 3.60. The molecule has 2 heterocycles. The van der Waals surface area contributed by atoms with Gasteiger partial charge in [0.2, 0.25) is 0 Å². The highest BCUT2D eigenvalue weighted by Crippen LogP contribution is 2.14. The van der Waals surface area contributed by atoms with Gasteiger partial charge in [-0.3, -0.25) is 4.79 Å². The number of amides is 1. The number of rotatable bonds is 5. The minimum atomic E-state index is -0.136. The molecule has 0 bridgehead atoms. The second kappa shape index (κ2) is 6.68. The van der Waals surface area contributed by atoms with Crippen molar-refractivity contribution in [2.45, 2.75) is 12.8 Å². The number of imidazole rings is 1. The van der Waals surface area contributed by atoms with Crippen LogP contribution >= 0.6 is 0 Å². The molecule has 6 nitrogen and oxygen atoms in total. The molecule has 1 amide bonds. The Morgan fingerprint density at radius 3 is 3.16 bits per heavy atom. The number of nitrogens with zero attached hydrogens (tertiary/aromatic N) is 3. The Kier molecular flexibility index (Phi) is 4.93.